The zero-order chi connectivity index (χ0) is 19.0. The molecule has 1 aliphatic heterocycles. The normalized spacial score (nSPS) is 15.4. The summed E-state index contributed by atoms with van der Waals surface area (Å²) in [5.74, 6) is 0.979. The van der Waals surface area contributed by atoms with Crippen LogP contribution in [-0.2, 0) is 0 Å². The number of piperazine rings is 1. The smallest absolute Gasteiger partial charge is 0.225 e. The predicted molar refractivity (Wildman–Crippen MR) is 108 cm³/mol. The van der Waals surface area contributed by atoms with E-state index in [4.69, 9.17) is 0 Å². The van der Waals surface area contributed by atoms with E-state index in [0.29, 0.717) is 6.54 Å². The number of aromatic amines is 1. The van der Waals surface area contributed by atoms with Crippen molar-refractivity contribution in [3.05, 3.63) is 53.0 Å². The van der Waals surface area contributed by atoms with Crippen molar-refractivity contribution >= 4 is 22.6 Å². The highest BCUT2D eigenvalue weighted by molar-refractivity contribution is 6.10. The van der Waals surface area contributed by atoms with Gasteiger partial charge in [0, 0.05) is 59.7 Å². The Hall–Kier alpha value is -2.73. The largest absolute Gasteiger partial charge is 0.358 e. The highest BCUT2D eigenvalue weighted by Crippen LogP contribution is 2.23. The molecule has 1 N–H and O–H groups in total. The van der Waals surface area contributed by atoms with Gasteiger partial charge in [0.2, 0.25) is 5.95 Å². The van der Waals surface area contributed by atoms with E-state index in [1.165, 1.54) is 0 Å². The van der Waals surface area contributed by atoms with Crippen molar-refractivity contribution in [2.75, 3.05) is 37.6 Å². The fourth-order valence-corrected chi connectivity index (χ4v) is 3.87. The van der Waals surface area contributed by atoms with Crippen LogP contribution in [0, 0.1) is 20.8 Å². The molecular formula is C21H25N5O. The molecule has 6 nitrogen and oxygen atoms in total. The van der Waals surface area contributed by atoms with Gasteiger partial charge in [-0.1, -0.05) is 18.2 Å². The molecule has 0 bridgehead atoms. The number of nitrogens with one attached hydrogen (secondary N) is 1. The number of rotatable bonds is 4. The Balaban J connectivity index is 1.43. The number of hydrogen-bond donors (Lipinski definition) is 1. The molecule has 0 radical (unpaired) electrons. The Labute approximate surface area is 159 Å². The van der Waals surface area contributed by atoms with Gasteiger partial charge in [-0.15, -0.1) is 0 Å². The van der Waals surface area contributed by atoms with Crippen molar-refractivity contribution in [3.8, 4) is 0 Å². The van der Waals surface area contributed by atoms with Gasteiger partial charge in [-0.3, -0.25) is 9.69 Å². The molecule has 0 spiro atoms. The van der Waals surface area contributed by atoms with Gasteiger partial charge in [0.05, 0.1) is 6.54 Å². The lowest BCUT2D eigenvalue weighted by Gasteiger charge is -2.34. The van der Waals surface area contributed by atoms with Gasteiger partial charge in [-0.05, 0) is 32.9 Å². The van der Waals surface area contributed by atoms with E-state index < -0.39 is 0 Å². The Bertz CT molecular complexity index is 965. The van der Waals surface area contributed by atoms with Crippen LogP contribution in [0.1, 0.15) is 27.4 Å². The predicted octanol–water partition coefficient (Wildman–Crippen LogP) is 2.89. The van der Waals surface area contributed by atoms with Crippen LogP contribution in [0.25, 0.3) is 10.9 Å². The van der Waals surface area contributed by atoms with E-state index in [9.17, 15) is 4.79 Å². The number of ketones is 1. The molecule has 0 saturated carbocycles. The average molecular weight is 363 g/mol. The average Bonchev–Trinajstić information content (AvgIpc) is 2.97. The summed E-state index contributed by atoms with van der Waals surface area (Å²) in [6, 6.07) is 9.99. The van der Waals surface area contributed by atoms with Crippen molar-refractivity contribution in [1.82, 2.24) is 19.9 Å². The number of benzene rings is 1. The number of aryl methyl sites for hydroxylation is 3. The molecule has 0 amide bonds. The second kappa shape index (κ2) is 7.12. The first-order valence-corrected chi connectivity index (χ1v) is 9.41. The van der Waals surface area contributed by atoms with Crippen LogP contribution < -0.4 is 4.90 Å². The molecule has 4 rings (SSSR count). The number of H-pyrrole nitrogens is 1. The molecule has 0 unspecified atom stereocenters. The number of anilines is 1. The minimum atomic E-state index is 0.182. The Morgan fingerprint density at radius 1 is 1.04 bits per heavy atom. The molecule has 6 heteroatoms. The highest BCUT2D eigenvalue weighted by Gasteiger charge is 2.23. The van der Waals surface area contributed by atoms with Crippen molar-refractivity contribution < 1.29 is 4.79 Å². The van der Waals surface area contributed by atoms with Crippen molar-refractivity contribution in [3.63, 3.8) is 0 Å². The van der Waals surface area contributed by atoms with Crippen LogP contribution in [0.5, 0.6) is 0 Å². The third-order valence-electron chi connectivity index (χ3n) is 5.17. The maximum atomic E-state index is 12.9. The van der Waals surface area contributed by atoms with Gasteiger partial charge in [0.25, 0.3) is 0 Å². The third kappa shape index (κ3) is 3.57. The lowest BCUT2D eigenvalue weighted by molar-refractivity contribution is 0.0927. The number of para-hydroxylation sites is 1. The molecule has 0 aliphatic carbocycles. The van der Waals surface area contributed by atoms with Crippen molar-refractivity contribution in [1.29, 1.82) is 0 Å². The van der Waals surface area contributed by atoms with E-state index in [2.05, 4.69) is 24.8 Å². The summed E-state index contributed by atoms with van der Waals surface area (Å²) >= 11 is 0. The summed E-state index contributed by atoms with van der Waals surface area (Å²) in [6.07, 6.45) is 0. The molecule has 3 heterocycles. The first-order chi connectivity index (χ1) is 13.0. The first kappa shape index (κ1) is 17.7. The van der Waals surface area contributed by atoms with Gasteiger partial charge in [-0.2, -0.15) is 0 Å². The molecule has 1 aromatic carbocycles. The molecule has 27 heavy (non-hydrogen) atoms. The van der Waals surface area contributed by atoms with E-state index in [1.54, 1.807) is 0 Å². The lowest BCUT2D eigenvalue weighted by atomic mass is 10.1. The summed E-state index contributed by atoms with van der Waals surface area (Å²) in [5.41, 5.74) is 4.78. The fourth-order valence-electron chi connectivity index (χ4n) is 3.87. The van der Waals surface area contributed by atoms with Crippen LogP contribution in [0.4, 0.5) is 5.95 Å². The van der Waals surface area contributed by atoms with Crippen LogP contribution in [0.3, 0.4) is 0 Å². The number of carbonyl (C=O) groups is 1. The molecule has 3 aromatic rings. The maximum Gasteiger partial charge on any atom is 0.225 e. The van der Waals surface area contributed by atoms with Crippen LogP contribution in [0.2, 0.25) is 0 Å². The van der Waals surface area contributed by atoms with E-state index >= 15 is 0 Å². The zero-order valence-corrected chi connectivity index (χ0v) is 16.1. The standard InChI is InChI=1S/C21H25N5O/c1-14-12-15(2)23-21(22-14)26-10-8-25(9-11-26)13-19(27)20-16(3)24-18-7-5-4-6-17(18)20/h4-7,12,24H,8-11,13H2,1-3H3. The molecule has 2 aromatic heterocycles. The van der Waals surface area contributed by atoms with E-state index in [-0.39, 0.29) is 5.78 Å². The van der Waals surface area contributed by atoms with Crippen molar-refractivity contribution in [2.45, 2.75) is 20.8 Å². The van der Waals surface area contributed by atoms with Gasteiger partial charge >= 0.3 is 0 Å². The number of aromatic nitrogens is 3. The van der Waals surface area contributed by atoms with Gasteiger partial charge in [0.1, 0.15) is 0 Å². The second-order valence-electron chi connectivity index (χ2n) is 7.31. The number of fused-ring (bicyclic) bond motifs is 1. The number of carbonyl (C=O) groups excluding carboxylic acids is 1. The SMILES string of the molecule is Cc1cc(C)nc(N2CCN(CC(=O)c3c(C)[nH]c4ccccc34)CC2)n1. The topological polar surface area (TPSA) is 65.1 Å². The molecule has 0 atom stereocenters. The maximum absolute atomic E-state index is 12.9. The minimum absolute atomic E-state index is 0.182. The fraction of sp³-hybridized carbons (Fsp3) is 0.381. The Morgan fingerprint density at radius 3 is 2.41 bits per heavy atom. The van der Waals surface area contributed by atoms with Crippen LogP contribution >= 0.6 is 0 Å². The van der Waals surface area contributed by atoms with Crippen molar-refractivity contribution in [2.24, 2.45) is 0 Å². The molecular weight excluding hydrogens is 338 g/mol. The number of Topliss-reactive ketones (excluding diaryl/α,β-unsaturated/α-hetero) is 1. The summed E-state index contributed by atoms with van der Waals surface area (Å²) in [5, 5.41) is 1.02. The van der Waals surface area contributed by atoms with E-state index in [1.807, 2.05) is 51.1 Å². The summed E-state index contributed by atoms with van der Waals surface area (Å²) in [7, 11) is 0. The minimum Gasteiger partial charge on any atom is -0.358 e. The van der Waals surface area contributed by atoms with E-state index in [0.717, 1.165) is 65.7 Å². The molecule has 1 saturated heterocycles. The summed E-state index contributed by atoms with van der Waals surface area (Å²) in [6.45, 7) is 9.76. The second-order valence-corrected chi connectivity index (χ2v) is 7.31. The number of hydrogen-bond acceptors (Lipinski definition) is 5. The summed E-state index contributed by atoms with van der Waals surface area (Å²) in [4.78, 5) is 29.8. The monoisotopic (exact) mass is 363 g/mol. The van der Waals surface area contributed by atoms with Gasteiger partial charge in [-0.25, -0.2) is 9.97 Å². The Kier molecular flexibility index (Phi) is 4.66. The number of nitrogens with zero attached hydrogens (tertiary/aromatic N) is 4. The van der Waals surface area contributed by atoms with Gasteiger partial charge in [0.15, 0.2) is 5.78 Å². The lowest BCUT2D eigenvalue weighted by Crippen LogP contribution is -2.48. The summed E-state index contributed by atoms with van der Waals surface area (Å²) < 4.78 is 0. The quantitative estimate of drug-likeness (QED) is 0.722. The first-order valence-electron chi connectivity index (χ1n) is 9.41. The zero-order valence-electron chi connectivity index (χ0n) is 16.1. The van der Waals surface area contributed by atoms with Crippen LogP contribution in [-0.4, -0.2) is 58.4 Å². The third-order valence-corrected chi connectivity index (χ3v) is 5.17. The van der Waals surface area contributed by atoms with Crippen LogP contribution in [0.15, 0.2) is 30.3 Å². The molecule has 140 valence electrons. The van der Waals surface area contributed by atoms with Gasteiger partial charge < -0.3 is 9.88 Å². The molecule has 1 aliphatic rings. The molecule has 1 fully saturated rings. The Morgan fingerprint density at radius 2 is 1.70 bits per heavy atom. The highest BCUT2D eigenvalue weighted by atomic mass is 16.1.